The lowest BCUT2D eigenvalue weighted by molar-refractivity contribution is -0.137. The molecule has 2 aliphatic heterocycles. The standard InChI is InChI=1S/C44H54N8O6/c1-23(2)37(49-43(55)57-7)41(53)51-22-25(5)19-36(51)40-46-32-17-15-30(21-34(32)48-40)28-12-10-27(11-13-28)29-14-16-31-33(20-29)47-39(45-31)35-18-9-26(6)52(35)42(54)38(24(3)4)50-44(56)58-8/h10-17,20-21,23-26,35-38H,9,18-19,22H2,1-8H3,(H,45,47)(H,46,48)(H,49,55)(H,50,56)/t25-,26-,35-,36-,37-,38-/m0/s1. The number of aromatic amines is 2. The van der Waals surface area contributed by atoms with Crippen LogP contribution < -0.4 is 10.6 Å². The molecule has 7 rings (SSSR count). The van der Waals surface area contributed by atoms with Gasteiger partial charge in [-0.25, -0.2) is 19.6 Å². The Morgan fingerprint density at radius 2 is 1.14 bits per heavy atom. The van der Waals surface area contributed by atoms with E-state index in [1.54, 1.807) is 0 Å². The summed E-state index contributed by atoms with van der Waals surface area (Å²) in [6.07, 6.45) is 1.11. The van der Waals surface area contributed by atoms with Crippen molar-refractivity contribution in [1.82, 2.24) is 40.4 Å². The molecule has 58 heavy (non-hydrogen) atoms. The van der Waals surface area contributed by atoms with Crippen LogP contribution in [0.25, 0.3) is 44.3 Å². The molecule has 4 amide bonds. The maximum atomic E-state index is 13.8. The maximum absolute atomic E-state index is 13.8. The van der Waals surface area contributed by atoms with Gasteiger partial charge in [-0.15, -0.1) is 0 Å². The highest BCUT2D eigenvalue weighted by Crippen LogP contribution is 2.38. The Kier molecular flexibility index (Phi) is 11.5. The summed E-state index contributed by atoms with van der Waals surface area (Å²) in [7, 11) is 2.59. The van der Waals surface area contributed by atoms with Crippen molar-refractivity contribution in [3.05, 3.63) is 72.3 Å². The van der Waals surface area contributed by atoms with Crippen molar-refractivity contribution in [2.75, 3.05) is 20.8 Å². The minimum atomic E-state index is -0.709. The van der Waals surface area contributed by atoms with E-state index >= 15 is 0 Å². The maximum Gasteiger partial charge on any atom is 0.407 e. The second-order valence-corrected chi connectivity index (χ2v) is 16.5. The number of ether oxygens (including phenoxy) is 2. The Morgan fingerprint density at radius 3 is 1.62 bits per heavy atom. The molecule has 2 saturated heterocycles. The Labute approximate surface area is 338 Å². The van der Waals surface area contributed by atoms with Gasteiger partial charge in [-0.05, 0) is 90.5 Å². The minimum Gasteiger partial charge on any atom is -0.453 e. The molecule has 0 radical (unpaired) electrons. The smallest absolute Gasteiger partial charge is 0.407 e. The number of nitrogens with one attached hydrogen (secondary N) is 4. The van der Waals surface area contributed by atoms with Crippen LogP contribution in [0.3, 0.4) is 0 Å². The highest BCUT2D eigenvalue weighted by atomic mass is 16.5. The molecule has 6 atom stereocenters. The van der Waals surface area contributed by atoms with E-state index in [1.807, 2.05) is 56.6 Å². The predicted molar refractivity (Wildman–Crippen MR) is 221 cm³/mol. The second-order valence-electron chi connectivity index (χ2n) is 16.5. The molecule has 14 nitrogen and oxygen atoms in total. The average Bonchev–Trinajstić information content (AvgIpc) is 4.01. The van der Waals surface area contributed by atoms with Crippen molar-refractivity contribution in [3.63, 3.8) is 0 Å². The molecule has 4 heterocycles. The zero-order chi connectivity index (χ0) is 41.4. The number of nitrogens with zero attached hydrogens (tertiary/aromatic N) is 4. The predicted octanol–water partition coefficient (Wildman–Crippen LogP) is 7.50. The summed E-state index contributed by atoms with van der Waals surface area (Å²) in [6, 6.07) is 18.8. The third kappa shape index (κ3) is 7.96. The number of carbonyl (C=O) groups is 4. The van der Waals surface area contributed by atoms with Gasteiger partial charge in [0.1, 0.15) is 23.7 Å². The van der Waals surface area contributed by atoms with Crippen LogP contribution in [0.15, 0.2) is 60.7 Å². The van der Waals surface area contributed by atoms with E-state index in [2.05, 4.69) is 76.1 Å². The van der Waals surface area contributed by atoms with Gasteiger partial charge in [0.15, 0.2) is 0 Å². The third-order valence-electron chi connectivity index (χ3n) is 11.7. The topological polar surface area (TPSA) is 175 Å². The quantitative estimate of drug-likeness (QED) is 0.113. The van der Waals surface area contributed by atoms with Crippen LogP contribution in [-0.2, 0) is 19.1 Å². The molecular formula is C44H54N8O6. The Bertz CT molecular complexity index is 2220. The molecule has 0 unspecified atom stereocenters. The fourth-order valence-corrected chi connectivity index (χ4v) is 8.50. The molecule has 5 aromatic rings. The number of alkyl carbamates (subject to hydrolysis) is 2. The monoisotopic (exact) mass is 790 g/mol. The van der Waals surface area contributed by atoms with Crippen LogP contribution in [0.5, 0.6) is 0 Å². The molecule has 0 spiro atoms. The molecule has 3 aromatic carbocycles. The molecule has 2 fully saturated rings. The van der Waals surface area contributed by atoms with Crippen molar-refractivity contribution in [2.24, 2.45) is 17.8 Å². The van der Waals surface area contributed by atoms with Crippen molar-refractivity contribution in [2.45, 2.75) is 91.0 Å². The first kappa shape index (κ1) is 40.3. The number of fused-ring (bicyclic) bond motifs is 2. The number of aromatic nitrogens is 4. The van der Waals surface area contributed by atoms with Gasteiger partial charge in [0, 0.05) is 12.6 Å². The number of hydrogen-bond donors (Lipinski definition) is 4. The van der Waals surface area contributed by atoms with E-state index in [1.165, 1.54) is 14.2 Å². The first-order valence-electron chi connectivity index (χ1n) is 20.2. The lowest BCUT2D eigenvalue weighted by Crippen LogP contribution is -2.52. The zero-order valence-corrected chi connectivity index (χ0v) is 34.5. The highest BCUT2D eigenvalue weighted by Gasteiger charge is 2.42. The van der Waals surface area contributed by atoms with Crippen LogP contribution in [-0.4, -0.2) is 92.6 Å². The third-order valence-corrected chi connectivity index (χ3v) is 11.7. The Balaban J connectivity index is 1.08. The minimum absolute atomic E-state index is 0.00508. The van der Waals surface area contributed by atoms with Gasteiger partial charge in [0.05, 0.1) is 48.4 Å². The molecule has 4 N–H and O–H groups in total. The summed E-state index contributed by atoms with van der Waals surface area (Å²) in [5.41, 5.74) is 7.57. The summed E-state index contributed by atoms with van der Waals surface area (Å²) in [5.74, 6) is 1.21. The van der Waals surface area contributed by atoms with Crippen LogP contribution in [0.1, 0.15) is 84.5 Å². The van der Waals surface area contributed by atoms with E-state index in [9.17, 15) is 19.2 Å². The molecule has 0 saturated carbocycles. The Hall–Kier alpha value is -5.92. The number of likely N-dealkylation sites (tertiary alicyclic amines) is 2. The van der Waals surface area contributed by atoms with Gasteiger partial charge >= 0.3 is 12.2 Å². The largest absolute Gasteiger partial charge is 0.453 e. The van der Waals surface area contributed by atoms with Crippen LogP contribution in [0.4, 0.5) is 9.59 Å². The summed E-state index contributed by atoms with van der Waals surface area (Å²) in [4.78, 5) is 72.3. The SMILES string of the molecule is COC(=O)N[C@H](C(=O)N1C[C@@H](C)C[C@H]1c1nc2ccc(-c3ccc(-c4ccc5nc([C@@H]6CC[C@H](C)N6C(=O)[C@@H](NC(=O)OC)C(C)C)[nH]c5c4)cc3)cc2[nH]1)C(C)C. The van der Waals surface area contributed by atoms with Crippen molar-refractivity contribution < 1.29 is 28.7 Å². The molecule has 306 valence electrons. The van der Waals surface area contributed by atoms with Crippen LogP contribution in [0.2, 0.25) is 0 Å². The molecule has 0 aliphatic carbocycles. The Morgan fingerprint density at radius 1 is 0.672 bits per heavy atom. The zero-order valence-electron chi connectivity index (χ0n) is 34.5. The molecular weight excluding hydrogens is 737 g/mol. The first-order valence-corrected chi connectivity index (χ1v) is 20.2. The van der Waals surface area contributed by atoms with Crippen molar-refractivity contribution in [3.8, 4) is 22.3 Å². The number of methoxy groups -OCH3 is 2. The van der Waals surface area contributed by atoms with Crippen molar-refractivity contribution >= 4 is 46.1 Å². The number of benzene rings is 3. The lowest BCUT2D eigenvalue weighted by Gasteiger charge is -2.32. The highest BCUT2D eigenvalue weighted by molar-refractivity contribution is 5.89. The number of hydrogen-bond acceptors (Lipinski definition) is 8. The number of rotatable bonds is 10. The summed E-state index contributed by atoms with van der Waals surface area (Å²) >= 11 is 0. The summed E-state index contributed by atoms with van der Waals surface area (Å²) in [5, 5.41) is 5.45. The van der Waals surface area contributed by atoms with Crippen LogP contribution in [0, 0.1) is 17.8 Å². The molecule has 2 aromatic heterocycles. The molecule has 2 aliphatic rings. The normalized spacial score (nSPS) is 20.5. The van der Waals surface area contributed by atoms with Gasteiger partial charge < -0.3 is 39.9 Å². The van der Waals surface area contributed by atoms with Crippen LogP contribution >= 0.6 is 0 Å². The molecule has 14 heteroatoms. The lowest BCUT2D eigenvalue weighted by atomic mass is 10.00. The van der Waals surface area contributed by atoms with Gasteiger partial charge in [0.2, 0.25) is 11.8 Å². The van der Waals surface area contributed by atoms with E-state index in [4.69, 9.17) is 19.4 Å². The fraction of sp³-hybridized carbons (Fsp3) is 0.455. The number of amides is 4. The number of imidazole rings is 2. The van der Waals surface area contributed by atoms with Gasteiger partial charge in [-0.3, -0.25) is 9.59 Å². The van der Waals surface area contributed by atoms with Gasteiger partial charge in [-0.1, -0.05) is 71.0 Å². The average molecular weight is 791 g/mol. The summed E-state index contributed by atoms with van der Waals surface area (Å²) < 4.78 is 9.59. The first-order chi connectivity index (χ1) is 27.8. The van der Waals surface area contributed by atoms with Crippen molar-refractivity contribution in [1.29, 1.82) is 0 Å². The summed E-state index contributed by atoms with van der Waals surface area (Å²) in [6.45, 7) is 12.4. The van der Waals surface area contributed by atoms with Gasteiger partial charge in [0.25, 0.3) is 0 Å². The number of carbonyl (C=O) groups excluding carboxylic acids is 4. The van der Waals surface area contributed by atoms with E-state index < -0.39 is 24.3 Å². The van der Waals surface area contributed by atoms with E-state index in [0.29, 0.717) is 6.54 Å². The fourth-order valence-electron chi connectivity index (χ4n) is 8.50. The number of H-pyrrole nitrogens is 2. The van der Waals surface area contributed by atoms with E-state index in [0.717, 1.165) is 75.2 Å². The second kappa shape index (κ2) is 16.5. The van der Waals surface area contributed by atoms with Gasteiger partial charge in [-0.2, -0.15) is 0 Å². The van der Waals surface area contributed by atoms with E-state index in [-0.39, 0.29) is 47.7 Å². The molecule has 0 bridgehead atoms.